The molecule has 0 radical (unpaired) electrons. The van der Waals surface area contributed by atoms with E-state index in [1.807, 2.05) is 54.6 Å². The van der Waals surface area contributed by atoms with Crippen LogP contribution in [0.25, 0.3) is 22.0 Å². The van der Waals surface area contributed by atoms with Gasteiger partial charge in [0.25, 0.3) is 0 Å². The number of carbonyl (C=O) groups excluding carboxylic acids is 1. The molecule has 0 amide bonds. The van der Waals surface area contributed by atoms with Crippen LogP contribution >= 0.6 is 0 Å². The summed E-state index contributed by atoms with van der Waals surface area (Å²) >= 11 is 0. The Labute approximate surface area is 171 Å². The SMILES string of the molecule is COC(=O)c1cc(OC(F)F)cc2cnn(Cc3ccc(-c4ccccc4)cc3)c12. The minimum atomic E-state index is -2.99. The Balaban J connectivity index is 1.68. The summed E-state index contributed by atoms with van der Waals surface area (Å²) in [6.45, 7) is -2.59. The third-order valence-corrected chi connectivity index (χ3v) is 4.73. The first-order chi connectivity index (χ1) is 14.5. The van der Waals surface area contributed by atoms with Crippen molar-refractivity contribution < 1.29 is 23.0 Å². The summed E-state index contributed by atoms with van der Waals surface area (Å²) in [5, 5.41) is 4.84. The Morgan fingerprint density at radius 3 is 2.40 bits per heavy atom. The number of hydrogen-bond donors (Lipinski definition) is 0. The van der Waals surface area contributed by atoms with E-state index >= 15 is 0 Å². The number of halogens is 2. The number of nitrogens with zero attached hydrogens (tertiary/aromatic N) is 2. The minimum Gasteiger partial charge on any atom is -0.465 e. The Morgan fingerprint density at radius 1 is 1.03 bits per heavy atom. The second kappa shape index (κ2) is 8.32. The number of alkyl halides is 2. The Morgan fingerprint density at radius 2 is 1.73 bits per heavy atom. The maximum Gasteiger partial charge on any atom is 0.387 e. The van der Waals surface area contributed by atoms with Crippen LogP contribution in [0.5, 0.6) is 5.75 Å². The smallest absolute Gasteiger partial charge is 0.387 e. The van der Waals surface area contributed by atoms with E-state index in [2.05, 4.69) is 9.84 Å². The van der Waals surface area contributed by atoms with E-state index in [-0.39, 0.29) is 11.3 Å². The molecule has 0 bridgehead atoms. The molecule has 0 saturated heterocycles. The molecule has 0 atom stereocenters. The lowest BCUT2D eigenvalue weighted by Gasteiger charge is -2.11. The predicted octanol–water partition coefficient (Wildman–Crippen LogP) is 5.14. The van der Waals surface area contributed by atoms with Crippen LogP contribution in [0.15, 0.2) is 72.9 Å². The van der Waals surface area contributed by atoms with Crippen molar-refractivity contribution >= 4 is 16.9 Å². The van der Waals surface area contributed by atoms with Gasteiger partial charge >= 0.3 is 12.6 Å². The summed E-state index contributed by atoms with van der Waals surface area (Å²) in [5.74, 6) is -0.773. The first kappa shape index (κ1) is 19.6. The Kier molecular flexibility index (Phi) is 5.43. The molecule has 1 aromatic heterocycles. The van der Waals surface area contributed by atoms with Crippen molar-refractivity contribution in [2.75, 3.05) is 7.11 Å². The summed E-state index contributed by atoms with van der Waals surface area (Å²) in [5.41, 5.74) is 3.80. The number of rotatable bonds is 6. The third kappa shape index (κ3) is 4.00. The molecule has 0 N–H and O–H groups in total. The number of hydrogen-bond acceptors (Lipinski definition) is 4. The average Bonchev–Trinajstić information content (AvgIpc) is 3.16. The lowest BCUT2D eigenvalue weighted by molar-refractivity contribution is -0.0498. The first-order valence-corrected chi connectivity index (χ1v) is 9.22. The van der Waals surface area contributed by atoms with Crippen molar-refractivity contribution in [3.63, 3.8) is 0 Å². The molecule has 0 aliphatic carbocycles. The molecule has 152 valence electrons. The summed E-state index contributed by atoms with van der Waals surface area (Å²) in [6.07, 6.45) is 1.51. The molecule has 0 spiro atoms. The summed E-state index contributed by atoms with van der Waals surface area (Å²) < 4.78 is 36.2. The van der Waals surface area contributed by atoms with Crippen molar-refractivity contribution in [3.05, 3.63) is 84.1 Å². The standard InChI is InChI=1S/C23H18F2N2O3/c1-29-22(28)20-12-19(30-23(24)25)11-18-13-26-27(21(18)20)14-15-7-9-17(10-8-15)16-5-3-2-4-6-16/h2-13,23H,14H2,1H3. The Bertz CT molecular complexity index is 1170. The van der Waals surface area contributed by atoms with E-state index in [0.29, 0.717) is 17.4 Å². The van der Waals surface area contributed by atoms with Gasteiger partial charge in [-0.3, -0.25) is 4.68 Å². The van der Waals surface area contributed by atoms with Crippen LogP contribution in [0.4, 0.5) is 8.78 Å². The zero-order chi connectivity index (χ0) is 21.1. The second-order valence-electron chi connectivity index (χ2n) is 6.64. The van der Waals surface area contributed by atoms with Crippen LogP contribution in [-0.4, -0.2) is 29.5 Å². The molecular formula is C23H18F2N2O3. The largest absolute Gasteiger partial charge is 0.465 e. The number of carbonyl (C=O) groups is 1. The van der Waals surface area contributed by atoms with Crippen molar-refractivity contribution in [1.29, 1.82) is 0 Å². The molecule has 3 aromatic carbocycles. The molecule has 0 unspecified atom stereocenters. The van der Waals surface area contributed by atoms with Crippen LogP contribution in [0, 0.1) is 0 Å². The van der Waals surface area contributed by atoms with E-state index in [9.17, 15) is 13.6 Å². The normalized spacial score (nSPS) is 11.1. The summed E-state index contributed by atoms with van der Waals surface area (Å²) in [7, 11) is 1.23. The molecular weight excluding hydrogens is 390 g/mol. The zero-order valence-electron chi connectivity index (χ0n) is 16.1. The fourth-order valence-electron chi connectivity index (χ4n) is 3.37. The topological polar surface area (TPSA) is 53.4 Å². The van der Waals surface area contributed by atoms with Crippen molar-refractivity contribution in [3.8, 4) is 16.9 Å². The number of methoxy groups -OCH3 is 1. The molecule has 5 nitrogen and oxygen atoms in total. The van der Waals surface area contributed by atoms with Crippen molar-refractivity contribution in [2.45, 2.75) is 13.2 Å². The average molecular weight is 408 g/mol. The molecule has 1 heterocycles. The minimum absolute atomic E-state index is 0.115. The molecule has 0 aliphatic rings. The molecule has 0 fully saturated rings. The maximum atomic E-state index is 12.6. The van der Waals surface area contributed by atoms with Crippen molar-refractivity contribution in [2.24, 2.45) is 0 Å². The van der Waals surface area contributed by atoms with Gasteiger partial charge in [0.1, 0.15) is 5.75 Å². The number of benzene rings is 3. The first-order valence-electron chi connectivity index (χ1n) is 9.22. The van der Waals surface area contributed by atoms with Gasteiger partial charge < -0.3 is 9.47 Å². The van der Waals surface area contributed by atoms with Crippen LogP contribution in [-0.2, 0) is 11.3 Å². The van der Waals surface area contributed by atoms with Crippen LogP contribution < -0.4 is 4.74 Å². The van der Waals surface area contributed by atoms with E-state index in [4.69, 9.17) is 4.74 Å². The van der Waals surface area contributed by atoms with Crippen LogP contribution in [0.1, 0.15) is 15.9 Å². The number of esters is 1. The third-order valence-electron chi connectivity index (χ3n) is 4.73. The number of fused-ring (bicyclic) bond motifs is 1. The van der Waals surface area contributed by atoms with Gasteiger partial charge in [-0.1, -0.05) is 54.6 Å². The fraction of sp³-hybridized carbons (Fsp3) is 0.130. The molecule has 0 saturated carbocycles. The molecule has 30 heavy (non-hydrogen) atoms. The molecule has 4 aromatic rings. The van der Waals surface area contributed by atoms with Gasteiger partial charge in [-0.25, -0.2) is 4.79 Å². The lowest BCUT2D eigenvalue weighted by Crippen LogP contribution is -2.09. The van der Waals surface area contributed by atoms with Gasteiger partial charge in [-0.2, -0.15) is 13.9 Å². The van der Waals surface area contributed by atoms with E-state index in [0.717, 1.165) is 16.7 Å². The fourth-order valence-corrected chi connectivity index (χ4v) is 3.37. The maximum absolute atomic E-state index is 12.6. The quantitative estimate of drug-likeness (QED) is 0.415. The van der Waals surface area contributed by atoms with E-state index < -0.39 is 12.6 Å². The second-order valence-corrected chi connectivity index (χ2v) is 6.64. The van der Waals surface area contributed by atoms with E-state index in [1.165, 1.54) is 25.4 Å². The highest BCUT2D eigenvalue weighted by Gasteiger charge is 2.19. The van der Waals surface area contributed by atoms with Gasteiger partial charge in [0.05, 0.1) is 30.9 Å². The van der Waals surface area contributed by atoms with Gasteiger partial charge in [0.15, 0.2) is 0 Å². The van der Waals surface area contributed by atoms with Crippen LogP contribution in [0.3, 0.4) is 0 Å². The number of aromatic nitrogens is 2. The van der Waals surface area contributed by atoms with Crippen LogP contribution in [0.2, 0.25) is 0 Å². The van der Waals surface area contributed by atoms with Gasteiger partial charge in [-0.05, 0) is 28.8 Å². The van der Waals surface area contributed by atoms with Crippen molar-refractivity contribution in [1.82, 2.24) is 9.78 Å². The monoisotopic (exact) mass is 408 g/mol. The molecule has 4 rings (SSSR count). The predicted molar refractivity (Wildman–Crippen MR) is 109 cm³/mol. The lowest BCUT2D eigenvalue weighted by atomic mass is 10.0. The number of ether oxygens (including phenoxy) is 2. The highest BCUT2D eigenvalue weighted by molar-refractivity contribution is 6.03. The van der Waals surface area contributed by atoms with Gasteiger partial charge in [-0.15, -0.1) is 0 Å². The molecule has 0 aliphatic heterocycles. The van der Waals surface area contributed by atoms with Gasteiger partial charge in [0.2, 0.25) is 0 Å². The highest BCUT2D eigenvalue weighted by atomic mass is 19.3. The Hall–Kier alpha value is -3.74. The highest BCUT2D eigenvalue weighted by Crippen LogP contribution is 2.28. The summed E-state index contributed by atoms with van der Waals surface area (Å²) in [6, 6.07) is 20.7. The van der Waals surface area contributed by atoms with Gasteiger partial charge in [0, 0.05) is 5.39 Å². The zero-order valence-corrected chi connectivity index (χ0v) is 16.1. The van der Waals surface area contributed by atoms with E-state index in [1.54, 1.807) is 4.68 Å². The molecule has 7 heteroatoms. The summed E-state index contributed by atoms with van der Waals surface area (Å²) in [4.78, 5) is 12.3.